The van der Waals surface area contributed by atoms with Gasteiger partial charge < -0.3 is 10.2 Å². The molecule has 1 N–H and O–H groups in total. The minimum atomic E-state index is -0.123. The average molecular weight is 298 g/mol. The van der Waals surface area contributed by atoms with Gasteiger partial charge in [0.25, 0.3) is 5.91 Å². The van der Waals surface area contributed by atoms with Gasteiger partial charge in [-0.2, -0.15) is 0 Å². The van der Waals surface area contributed by atoms with E-state index in [1.165, 1.54) is 12.8 Å². The van der Waals surface area contributed by atoms with E-state index in [0.29, 0.717) is 12.2 Å². The third-order valence-electron chi connectivity index (χ3n) is 2.89. The molecule has 0 spiro atoms. The van der Waals surface area contributed by atoms with E-state index in [1.807, 2.05) is 6.07 Å². The van der Waals surface area contributed by atoms with Gasteiger partial charge in [-0.3, -0.25) is 4.79 Å². The van der Waals surface area contributed by atoms with Crippen molar-refractivity contribution in [2.75, 3.05) is 20.1 Å². The van der Waals surface area contributed by atoms with Crippen molar-refractivity contribution in [2.45, 2.75) is 18.9 Å². The molecule has 1 aromatic rings. The molecule has 0 saturated heterocycles. The molecule has 0 bridgehead atoms. The zero-order valence-corrected chi connectivity index (χ0v) is 11.4. The van der Waals surface area contributed by atoms with Crippen LogP contribution in [0.5, 0.6) is 0 Å². The maximum absolute atomic E-state index is 11.8. The number of nitrogens with zero attached hydrogens (tertiary/aromatic N) is 2. The maximum atomic E-state index is 11.8. The molecule has 1 amide bonds. The number of aromatic nitrogens is 1. The fourth-order valence-electron chi connectivity index (χ4n) is 1.68. The second kappa shape index (κ2) is 5.60. The Hall–Kier alpha value is -0.940. The summed E-state index contributed by atoms with van der Waals surface area (Å²) in [7, 11) is 2.10. The second-order valence-corrected chi connectivity index (χ2v) is 5.16. The number of carbonyl (C=O) groups excluding carboxylic acids is 1. The molecule has 92 valence electrons. The molecule has 0 unspecified atom stereocenters. The number of halogens is 1. The number of rotatable bonds is 5. The van der Waals surface area contributed by atoms with Crippen molar-refractivity contribution in [1.82, 2.24) is 15.2 Å². The summed E-state index contributed by atoms with van der Waals surface area (Å²) in [5, 5.41) is 2.88. The Bertz CT molecular complexity index is 406. The zero-order chi connectivity index (χ0) is 12.3. The van der Waals surface area contributed by atoms with E-state index in [9.17, 15) is 4.79 Å². The van der Waals surface area contributed by atoms with Crippen LogP contribution >= 0.6 is 15.9 Å². The Kier molecular flexibility index (Phi) is 4.12. The third-order valence-corrected chi connectivity index (χ3v) is 3.53. The summed E-state index contributed by atoms with van der Waals surface area (Å²) in [5.74, 6) is -0.123. The summed E-state index contributed by atoms with van der Waals surface area (Å²) >= 11 is 3.32. The van der Waals surface area contributed by atoms with Crippen molar-refractivity contribution in [3.8, 4) is 0 Å². The van der Waals surface area contributed by atoms with E-state index in [0.717, 1.165) is 17.1 Å². The fraction of sp³-hybridized carbons (Fsp3) is 0.500. The highest BCUT2D eigenvalue weighted by molar-refractivity contribution is 9.10. The minimum absolute atomic E-state index is 0.123. The van der Waals surface area contributed by atoms with E-state index in [-0.39, 0.29) is 5.91 Å². The SMILES string of the molecule is CN(CCNC(=O)c1ncccc1Br)C1CC1. The number of pyridine rings is 1. The van der Waals surface area contributed by atoms with E-state index < -0.39 is 0 Å². The van der Waals surface area contributed by atoms with Crippen molar-refractivity contribution >= 4 is 21.8 Å². The number of hydrogen-bond donors (Lipinski definition) is 1. The topological polar surface area (TPSA) is 45.2 Å². The summed E-state index contributed by atoms with van der Waals surface area (Å²) < 4.78 is 0.730. The molecule has 17 heavy (non-hydrogen) atoms. The molecule has 1 heterocycles. The van der Waals surface area contributed by atoms with Gasteiger partial charge in [-0.05, 0) is 48.0 Å². The third kappa shape index (κ3) is 3.51. The standard InChI is InChI=1S/C12H16BrN3O/c1-16(9-4-5-9)8-7-15-12(17)11-10(13)3-2-6-14-11/h2-3,6,9H,4-5,7-8H2,1H3,(H,15,17). The van der Waals surface area contributed by atoms with Crippen LogP contribution in [0.15, 0.2) is 22.8 Å². The van der Waals surface area contributed by atoms with Gasteiger partial charge in [0.1, 0.15) is 5.69 Å². The first-order chi connectivity index (χ1) is 8.18. The first-order valence-electron chi connectivity index (χ1n) is 5.77. The van der Waals surface area contributed by atoms with Crippen molar-refractivity contribution in [2.24, 2.45) is 0 Å². The molecule has 0 radical (unpaired) electrons. The van der Waals surface area contributed by atoms with Crippen LogP contribution in [-0.4, -0.2) is 42.0 Å². The van der Waals surface area contributed by atoms with Gasteiger partial charge in [-0.25, -0.2) is 4.98 Å². The van der Waals surface area contributed by atoms with Crippen molar-refractivity contribution in [3.63, 3.8) is 0 Å². The molecule has 1 saturated carbocycles. The van der Waals surface area contributed by atoms with E-state index >= 15 is 0 Å². The molecule has 0 atom stereocenters. The highest BCUT2D eigenvalue weighted by Gasteiger charge is 2.25. The van der Waals surface area contributed by atoms with E-state index in [1.54, 1.807) is 12.3 Å². The highest BCUT2D eigenvalue weighted by Crippen LogP contribution is 2.24. The molecule has 1 aromatic heterocycles. The van der Waals surface area contributed by atoms with Gasteiger partial charge in [0.2, 0.25) is 0 Å². The van der Waals surface area contributed by atoms with E-state index in [2.05, 4.69) is 38.2 Å². The van der Waals surface area contributed by atoms with Crippen molar-refractivity contribution in [3.05, 3.63) is 28.5 Å². The quantitative estimate of drug-likeness (QED) is 0.899. The van der Waals surface area contributed by atoms with Gasteiger partial charge >= 0.3 is 0 Å². The molecule has 1 fully saturated rings. The maximum Gasteiger partial charge on any atom is 0.271 e. The molecule has 2 rings (SSSR count). The van der Waals surface area contributed by atoms with Gasteiger partial charge in [-0.15, -0.1) is 0 Å². The zero-order valence-electron chi connectivity index (χ0n) is 9.82. The molecule has 0 aliphatic heterocycles. The van der Waals surface area contributed by atoms with Crippen LogP contribution in [0.3, 0.4) is 0 Å². The number of carbonyl (C=O) groups is 1. The Morgan fingerprint density at radius 2 is 2.41 bits per heavy atom. The Morgan fingerprint density at radius 1 is 1.65 bits per heavy atom. The Morgan fingerprint density at radius 3 is 3.06 bits per heavy atom. The molecule has 4 nitrogen and oxygen atoms in total. The highest BCUT2D eigenvalue weighted by atomic mass is 79.9. The Labute approximate surface area is 110 Å². The van der Waals surface area contributed by atoms with Crippen LogP contribution in [0.1, 0.15) is 23.3 Å². The molecule has 1 aliphatic rings. The molecule has 0 aromatic carbocycles. The lowest BCUT2D eigenvalue weighted by atomic mass is 10.3. The number of amides is 1. The van der Waals surface area contributed by atoms with Crippen LogP contribution in [0, 0.1) is 0 Å². The first-order valence-corrected chi connectivity index (χ1v) is 6.56. The predicted molar refractivity (Wildman–Crippen MR) is 69.9 cm³/mol. The minimum Gasteiger partial charge on any atom is -0.349 e. The number of hydrogen-bond acceptors (Lipinski definition) is 3. The summed E-state index contributed by atoms with van der Waals surface area (Å²) in [4.78, 5) is 18.1. The van der Waals surface area contributed by atoms with Crippen LogP contribution < -0.4 is 5.32 Å². The number of nitrogens with one attached hydrogen (secondary N) is 1. The fourth-order valence-corrected chi connectivity index (χ4v) is 2.12. The largest absolute Gasteiger partial charge is 0.349 e. The lowest BCUT2D eigenvalue weighted by Crippen LogP contribution is -2.34. The lowest BCUT2D eigenvalue weighted by molar-refractivity contribution is 0.0943. The van der Waals surface area contributed by atoms with Crippen LogP contribution in [0.2, 0.25) is 0 Å². The summed E-state index contributed by atoms with van der Waals surface area (Å²) in [6, 6.07) is 4.34. The summed E-state index contributed by atoms with van der Waals surface area (Å²) in [6.45, 7) is 1.55. The summed E-state index contributed by atoms with van der Waals surface area (Å²) in [6.07, 6.45) is 4.20. The number of likely N-dealkylation sites (N-methyl/N-ethyl adjacent to an activating group) is 1. The van der Waals surface area contributed by atoms with Gasteiger partial charge in [0, 0.05) is 29.8 Å². The normalized spacial score (nSPS) is 15.0. The van der Waals surface area contributed by atoms with Crippen molar-refractivity contribution < 1.29 is 4.79 Å². The van der Waals surface area contributed by atoms with Crippen LogP contribution in [0.25, 0.3) is 0 Å². The smallest absolute Gasteiger partial charge is 0.271 e. The molecule has 1 aliphatic carbocycles. The monoisotopic (exact) mass is 297 g/mol. The van der Waals surface area contributed by atoms with Gasteiger partial charge in [0.05, 0.1) is 0 Å². The average Bonchev–Trinajstić information content (AvgIpc) is 3.13. The van der Waals surface area contributed by atoms with Crippen LogP contribution in [0.4, 0.5) is 0 Å². The first kappa shape index (κ1) is 12.5. The Balaban J connectivity index is 1.79. The predicted octanol–water partition coefficient (Wildman–Crippen LogP) is 1.67. The molecular formula is C12H16BrN3O. The second-order valence-electron chi connectivity index (χ2n) is 4.30. The van der Waals surface area contributed by atoms with Crippen LogP contribution in [-0.2, 0) is 0 Å². The van der Waals surface area contributed by atoms with Gasteiger partial charge in [-0.1, -0.05) is 0 Å². The van der Waals surface area contributed by atoms with Gasteiger partial charge in [0.15, 0.2) is 0 Å². The molecular weight excluding hydrogens is 282 g/mol. The lowest BCUT2D eigenvalue weighted by Gasteiger charge is -2.15. The van der Waals surface area contributed by atoms with E-state index in [4.69, 9.17) is 0 Å². The van der Waals surface area contributed by atoms with Crippen molar-refractivity contribution in [1.29, 1.82) is 0 Å². The summed E-state index contributed by atoms with van der Waals surface area (Å²) in [5.41, 5.74) is 0.446. The molecule has 5 heteroatoms.